The van der Waals surface area contributed by atoms with E-state index in [4.69, 9.17) is 32.9 Å². The van der Waals surface area contributed by atoms with Crippen LogP contribution in [0.2, 0.25) is 10.0 Å². The van der Waals surface area contributed by atoms with Crippen molar-refractivity contribution in [2.24, 2.45) is 0 Å². The van der Waals surface area contributed by atoms with Gasteiger partial charge in [-0.1, -0.05) is 65.7 Å². The van der Waals surface area contributed by atoms with Gasteiger partial charge in [-0.05, 0) is 35.9 Å². The quantitative estimate of drug-likeness (QED) is 0.220. The monoisotopic (exact) mass is 558 g/mol. The number of H-pyrrole nitrogens is 1. The van der Waals surface area contributed by atoms with Crippen LogP contribution in [0.5, 0.6) is 0 Å². The van der Waals surface area contributed by atoms with E-state index < -0.39 is 0 Å². The van der Waals surface area contributed by atoms with Gasteiger partial charge in [0.2, 0.25) is 0 Å². The lowest BCUT2D eigenvalue weighted by atomic mass is 10.1. The smallest absolute Gasteiger partial charge is 0.256 e. The van der Waals surface area contributed by atoms with E-state index in [1.165, 1.54) is 6.33 Å². The first kappa shape index (κ1) is 25.3. The van der Waals surface area contributed by atoms with Gasteiger partial charge in [0.15, 0.2) is 0 Å². The number of hydrogen-bond acceptors (Lipinski definition) is 6. The van der Waals surface area contributed by atoms with Crippen LogP contribution in [0.25, 0.3) is 21.9 Å². The zero-order valence-electron chi connectivity index (χ0n) is 20.8. The number of nitrogens with one attached hydrogen (secondary N) is 2. The van der Waals surface area contributed by atoms with Crippen molar-refractivity contribution in [3.8, 4) is 0 Å². The van der Waals surface area contributed by atoms with E-state index in [-0.39, 0.29) is 11.9 Å². The molecule has 1 aliphatic heterocycles. The summed E-state index contributed by atoms with van der Waals surface area (Å²) in [7, 11) is 0. The van der Waals surface area contributed by atoms with Gasteiger partial charge in [-0.15, -0.1) is 0 Å². The molecule has 1 atom stereocenters. The summed E-state index contributed by atoms with van der Waals surface area (Å²) in [4.78, 5) is 31.8. The molecule has 1 unspecified atom stereocenters. The molecule has 0 spiro atoms. The minimum Gasteiger partial charge on any atom is -0.374 e. The number of aromatic nitrogens is 4. The predicted molar refractivity (Wildman–Crippen MR) is 153 cm³/mol. The summed E-state index contributed by atoms with van der Waals surface area (Å²) in [6.45, 7) is 1.88. The van der Waals surface area contributed by atoms with E-state index in [0.717, 1.165) is 16.6 Å². The zero-order chi connectivity index (χ0) is 26.8. The molecule has 3 aromatic carbocycles. The average molecular weight is 559 g/mol. The molecule has 0 bridgehead atoms. The van der Waals surface area contributed by atoms with Crippen molar-refractivity contribution >= 4 is 56.9 Å². The van der Waals surface area contributed by atoms with E-state index in [0.29, 0.717) is 64.5 Å². The minimum atomic E-state index is -0.381. The molecular weight excluding hydrogens is 535 g/mol. The minimum absolute atomic E-state index is 0.131. The molecule has 0 saturated heterocycles. The van der Waals surface area contributed by atoms with Crippen LogP contribution < -0.4 is 5.32 Å². The zero-order valence-corrected chi connectivity index (χ0v) is 22.3. The molecule has 8 nitrogen and oxygen atoms in total. The molecule has 3 heterocycles. The number of aromatic amines is 1. The maximum Gasteiger partial charge on any atom is 0.256 e. The van der Waals surface area contributed by atoms with Crippen molar-refractivity contribution in [1.82, 2.24) is 24.8 Å². The molecule has 2 aromatic heterocycles. The molecule has 1 amide bonds. The highest BCUT2D eigenvalue weighted by molar-refractivity contribution is 6.35. The van der Waals surface area contributed by atoms with Gasteiger partial charge in [-0.3, -0.25) is 4.79 Å². The highest BCUT2D eigenvalue weighted by Gasteiger charge is 2.22. The molecule has 0 aliphatic carbocycles. The highest BCUT2D eigenvalue weighted by Crippen LogP contribution is 2.30. The molecule has 2 N–H and O–H groups in total. The third-order valence-electron chi connectivity index (χ3n) is 6.56. The van der Waals surface area contributed by atoms with Crippen molar-refractivity contribution in [2.75, 3.05) is 25.0 Å². The third-order valence-corrected chi connectivity index (χ3v) is 7.11. The second-order valence-corrected chi connectivity index (χ2v) is 10.1. The lowest BCUT2D eigenvalue weighted by Crippen LogP contribution is -2.28. The first-order valence-corrected chi connectivity index (χ1v) is 13.2. The molecule has 5 aromatic rings. The van der Waals surface area contributed by atoms with E-state index >= 15 is 0 Å². The number of amides is 1. The van der Waals surface area contributed by atoms with Gasteiger partial charge in [-0.2, -0.15) is 0 Å². The fraction of sp³-hybridized carbons (Fsp3) is 0.172. The van der Waals surface area contributed by atoms with Crippen LogP contribution in [0, 0.1) is 0 Å². The first-order chi connectivity index (χ1) is 19.0. The van der Waals surface area contributed by atoms with Gasteiger partial charge in [0.1, 0.15) is 24.0 Å². The number of hydrogen-bond donors (Lipinski definition) is 2. The van der Waals surface area contributed by atoms with Gasteiger partial charge < -0.3 is 19.9 Å². The number of carbonyl (C=O) groups excluding carboxylic acids is 1. The molecule has 1 aliphatic rings. The summed E-state index contributed by atoms with van der Waals surface area (Å²) in [6, 6.07) is 18.5. The third kappa shape index (κ3) is 5.45. The highest BCUT2D eigenvalue weighted by atomic mass is 35.5. The van der Waals surface area contributed by atoms with Crippen LogP contribution >= 0.6 is 23.2 Å². The number of rotatable bonds is 8. The van der Waals surface area contributed by atoms with Crippen LogP contribution in [0.1, 0.15) is 27.8 Å². The Labute approximate surface area is 234 Å². The van der Waals surface area contributed by atoms with E-state index in [9.17, 15) is 4.79 Å². The largest absolute Gasteiger partial charge is 0.374 e. The second-order valence-electron chi connectivity index (χ2n) is 9.23. The van der Waals surface area contributed by atoms with Gasteiger partial charge in [0, 0.05) is 23.5 Å². The fourth-order valence-electron chi connectivity index (χ4n) is 4.56. The Balaban J connectivity index is 1.31. The lowest BCUT2D eigenvalue weighted by molar-refractivity contribution is 0.0800. The van der Waals surface area contributed by atoms with Crippen LogP contribution in [-0.2, 0) is 11.3 Å². The van der Waals surface area contributed by atoms with Crippen LogP contribution in [0.15, 0.2) is 79.1 Å². The van der Waals surface area contributed by atoms with Crippen LogP contribution in [-0.4, -0.2) is 50.4 Å². The summed E-state index contributed by atoms with van der Waals surface area (Å²) in [5.74, 6) is 1.09. The summed E-state index contributed by atoms with van der Waals surface area (Å²) >= 11 is 12.8. The SMILES string of the molecule is O=C(c1cc2ncnc(NC(COCc3ccccc3)c3nc4ccc(Cl)cc4[nH]3)c2cc1Cl)N1CC=CC1. The number of imidazole rings is 1. The van der Waals surface area contributed by atoms with Crippen molar-refractivity contribution in [2.45, 2.75) is 12.6 Å². The standard InChI is InChI=1S/C29H24Cl2N6O2/c30-19-8-9-23-25(12-19)35-28(34-23)26(16-39-15-18-6-2-1-3-7-18)36-27-21-13-22(31)20(14-24(21)32-17-33-27)29(38)37-10-4-5-11-37/h1-9,12-14,17,26H,10-11,15-16H2,(H,34,35)(H,32,33,36). The second kappa shape index (κ2) is 11.0. The topological polar surface area (TPSA) is 96.0 Å². The number of ether oxygens (including phenoxy) is 1. The van der Waals surface area contributed by atoms with E-state index in [1.807, 2.05) is 54.6 Å². The van der Waals surface area contributed by atoms with Gasteiger partial charge in [0.25, 0.3) is 5.91 Å². The summed E-state index contributed by atoms with van der Waals surface area (Å²) < 4.78 is 6.10. The number of anilines is 1. The van der Waals surface area contributed by atoms with Crippen molar-refractivity contribution in [3.05, 3.63) is 106 Å². The number of halogens is 2. The predicted octanol–water partition coefficient (Wildman–Crippen LogP) is 6.19. The molecule has 6 rings (SSSR count). The Morgan fingerprint density at radius 3 is 2.67 bits per heavy atom. The summed E-state index contributed by atoms with van der Waals surface area (Å²) in [5, 5.41) is 5.11. The fourth-order valence-corrected chi connectivity index (χ4v) is 4.98. The van der Waals surface area contributed by atoms with Gasteiger partial charge in [-0.25, -0.2) is 15.0 Å². The summed E-state index contributed by atoms with van der Waals surface area (Å²) in [6.07, 6.45) is 5.39. The number of fused-ring (bicyclic) bond motifs is 2. The molecule has 0 radical (unpaired) electrons. The Kier molecular flexibility index (Phi) is 7.15. The molecule has 39 heavy (non-hydrogen) atoms. The number of nitrogens with zero attached hydrogens (tertiary/aromatic N) is 4. The number of carbonyl (C=O) groups is 1. The summed E-state index contributed by atoms with van der Waals surface area (Å²) in [5.41, 5.74) is 3.70. The van der Waals surface area contributed by atoms with E-state index in [2.05, 4.69) is 20.3 Å². The van der Waals surface area contributed by atoms with Crippen molar-refractivity contribution in [1.29, 1.82) is 0 Å². The van der Waals surface area contributed by atoms with Crippen LogP contribution in [0.4, 0.5) is 5.82 Å². The first-order valence-electron chi connectivity index (χ1n) is 12.5. The molecule has 0 fully saturated rings. The van der Waals surface area contributed by atoms with Gasteiger partial charge >= 0.3 is 0 Å². The number of benzene rings is 3. The Morgan fingerprint density at radius 1 is 1.03 bits per heavy atom. The van der Waals surface area contributed by atoms with E-state index in [1.54, 1.807) is 23.1 Å². The van der Waals surface area contributed by atoms with Crippen LogP contribution in [0.3, 0.4) is 0 Å². The van der Waals surface area contributed by atoms with Crippen molar-refractivity contribution < 1.29 is 9.53 Å². The Bertz CT molecular complexity index is 1680. The molecular formula is C29H24Cl2N6O2. The lowest BCUT2D eigenvalue weighted by Gasteiger charge is -2.20. The average Bonchev–Trinajstić information content (AvgIpc) is 3.63. The maximum absolute atomic E-state index is 13.0. The van der Waals surface area contributed by atoms with Gasteiger partial charge in [0.05, 0.1) is 40.3 Å². The Hall–Kier alpha value is -3.98. The van der Waals surface area contributed by atoms with Crippen molar-refractivity contribution in [3.63, 3.8) is 0 Å². The molecule has 10 heteroatoms. The molecule has 0 saturated carbocycles. The molecule has 196 valence electrons. The maximum atomic E-state index is 13.0. The Morgan fingerprint density at radius 2 is 1.85 bits per heavy atom. The normalized spacial score (nSPS) is 13.8.